The van der Waals surface area contributed by atoms with Crippen molar-refractivity contribution >= 4 is 86.9 Å². The van der Waals surface area contributed by atoms with E-state index in [-0.39, 0.29) is 71.7 Å². The zero-order valence-corrected chi connectivity index (χ0v) is 47.4. The van der Waals surface area contributed by atoms with Gasteiger partial charge in [-0.05, 0) is 144 Å². The Labute approximate surface area is 465 Å². The van der Waals surface area contributed by atoms with Crippen molar-refractivity contribution in [3.8, 4) is 0 Å². The van der Waals surface area contributed by atoms with Gasteiger partial charge >= 0.3 is 6.09 Å². The zero-order chi connectivity index (χ0) is 59.3. The van der Waals surface area contributed by atoms with Crippen LogP contribution in [0.1, 0.15) is 104 Å². The summed E-state index contributed by atoms with van der Waals surface area (Å²) in [5, 5.41) is 23.8. The number of anilines is 2. The van der Waals surface area contributed by atoms with Crippen molar-refractivity contribution in [1.82, 2.24) is 40.3 Å². The summed E-state index contributed by atoms with van der Waals surface area (Å²) < 4.78 is 72.3. The molecule has 0 aliphatic rings. The Morgan fingerprint density at radius 3 is 1.35 bits per heavy atom. The molecule has 0 saturated heterocycles. The first-order valence-corrected chi connectivity index (χ1v) is 25.7. The molecular formula is C55H67ClF4N12O8. The van der Waals surface area contributed by atoms with E-state index in [1.54, 1.807) is 72.7 Å². The van der Waals surface area contributed by atoms with Gasteiger partial charge in [0.05, 0.1) is 36.3 Å². The van der Waals surface area contributed by atoms with Crippen LogP contribution in [0.15, 0.2) is 82.8 Å². The quantitative estimate of drug-likeness (QED) is 0.0229. The van der Waals surface area contributed by atoms with E-state index in [9.17, 15) is 41.5 Å². The number of rotatable bonds is 16. The summed E-state index contributed by atoms with van der Waals surface area (Å²) >= 11 is 5.85. The normalized spacial score (nSPS) is 13.6. The summed E-state index contributed by atoms with van der Waals surface area (Å²) in [4.78, 5) is 76.8. The van der Waals surface area contributed by atoms with Gasteiger partial charge in [-0.2, -0.15) is 9.36 Å². The molecular weight excluding hydrogens is 1070 g/mol. The number of carbonyl (C=O) groups excluding carboxylic acids is 5. The fourth-order valence-electron chi connectivity index (χ4n) is 7.69. The van der Waals surface area contributed by atoms with Crippen molar-refractivity contribution in [2.24, 2.45) is 21.8 Å². The van der Waals surface area contributed by atoms with E-state index in [0.717, 1.165) is 47.5 Å². The molecule has 3 amide bonds. The van der Waals surface area contributed by atoms with Crippen molar-refractivity contribution in [3.63, 3.8) is 0 Å². The number of halogens is 5. The highest BCUT2D eigenvalue weighted by atomic mass is 35.5. The molecule has 20 nitrogen and oxygen atoms in total. The number of ether oxygens (including phenoxy) is 3. The lowest BCUT2D eigenvalue weighted by Gasteiger charge is -2.25. The van der Waals surface area contributed by atoms with Gasteiger partial charge in [0.15, 0.2) is 34.9 Å². The first kappa shape index (κ1) is 63.0. The van der Waals surface area contributed by atoms with E-state index >= 15 is 0 Å². The highest BCUT2D eigenvalue weighted by Gasteiger charge is 2.31. The minimum absolute atomic E-state index is 0.0188. The van der Waals surface area contributed by atoms with Gasteiger partial charge in [-0.3, -0.25) is 29.8 Å². The number of aromatic nitrogens is 4. The second-order valence-electron chi connectivity index (χ2n) is 20.4. The van der Waals surface area contributed by atoms with Crippen LogP contribution in [0.5, 0.6) is 0 Å². The van der Waals surface area contributed by atoms with E-state index in [2.05, 4.69) is 51.6 Å². The summed E-state index contributed by atoms with van der Waals surface area (Å²) in [5.74, 6) is -6.95. The van der Waals surface area contributed by atoms with Gasteiger partial charge in [-0.15, -0.1) is 10.2 Å². The average Bonchev–Trinajstić information content (AvgIpc) is 3.97. The van der Waals surface area contributed by atoms with Gasteiger partial charge < -0.3 is 30.2 Å². The Morgan fingerprint density at radius 2 is 1.00 bits per heavy atom. The first-order chi connectivity index (χ1) is 37.6. The number of hydrogen-bond donors (Lipinski definition) is 6. The monoisotopic (exact) mass is 1130 g/mol. The Kier molecular flexibility index (Phi) is 22.0. The van der Waals surface area contributed by atoms with Gasteiger partial charge in [0, 0.05) is 36.1 Å². The minimum atomic E-state index is -1.18. The van der Waals surface area contributed by atoms with E-state index in [1.165, 1.54) is 23.6 Å². The predicted octanol–water partition coefficient (Wildman–Crippen LogP) is 9.31. The molecule has 6 aromatic rings. The zero-order valence-electron chi connectivity index (χ0n) is 46.6. The fraction of sp³-hybridized carbons (Fsp3) is 0.400. The third-order valence-corrected chi connectivity index (χ3v) is 11.8. The van der Waals surface area contributed by atoms with Crippen molar-refractivity contribution in [2.45, 2.75) is 106 Å². The van der Waals surface area contributed by atoms with Gasteiger partial charge in [0.25, 0.3) is 23.6 Å². The second kappa shape index (κ2) is 27.9. The van der Waals surface area contributed by atoms with Crippen molar-refractivity contribution in [1.29, 1.82) is 0 Å². The number of hydrogen-bond acceptors (Lipinski definition) is 13. The molecule has 0 fully saturated rings. The number of aryl methyl sites for hydroxylation is 2. The molecule has 2 aromatic heterocycles. The number of aliphatic imine (C=N–C) groups is 2. The Balaban J connectivity index is 0.000000297. The van der Waals surface area contributed by atoms with E-state index in [0.29, 0.717) is 21.8 Å². The number of methoxy groups -OCH3 is 2. The fourth-order valence-corrected chi connectivity index (χ4v) is 8.03. The van der Waals surface area contributed by atoms with Gasteiger partial charge in [-0.1, -0.05) is 39.8 Å². The van der Waals surface area contributed by atoms with E-state index in [1.807, 2.05) is 39.8 Å². The van der Waals surface area contributed by atoms with Crippen molar-refractivity contribution in [3.05, 3.63) is 118 Å². The summed E-state index contributed by atoms with van der Waals surface area (Å²) in [7, 11) is 3.01. The largest absolute Gasteiger partial charge is 0.444 e. The van der Waals surface area contributed by atoms with Gasteiger partial charge in [-0.25, -0.2) is 37.2 Å². The van der Waals surface area contributed by atoms with Crippen LogP contribution in [0.4, 0.5) is 34.0 Å². The molecule has 4 aromatic carbocycles. The molecule has 25 heteroatoms. The topological polar surface area (TPSA) is 246 Å². The summed E-state index contributed by atoms with van der Waals surface area (Å²) in [6, 6.07) is 13.9. The molecule has 0 aliphatic heterocycles. The molecule has 0 bridgehead atoms. The Hall–Kier alpha value is -7.80. The van der Waals surface area contributed by atoms with Crippen LogP contribution in [-0.4, -0.2) is 118 Å². The Morgan fingerprint density at radius 1 is 0.600 bits per heavy atom. The van der Waals surface area contributed by atoms with Crippen LogP contribution in [0, 0.1) is 49.0 Å². The van der Waals surface area contributed by atoms with Crippen molar-refractivity contribution in [2.75, 3.05) is 38.1 Å². The number of alkyl carbamates (subject to hydrolysis) is 1. The number of guanidine groups is 2. The maximum absolute atomic E-state index is 13.8. The molecule has 0 radical (unpaired) electrons. The maximum Gasteiger partial charge on any atom is 0.408 e. The minimum Gasteiger partial charge on any atom is -0.444 e. The van der Waals surface area contributed by atoms with Crippen LogP contribution >= 0.6 is 11.8 Å². The number of nitrogens with one attached hydrogen (secondary N) is 6. The number of nitrogens with zero attached hydrogens (tertiary/aromatic N) is 6. The molecule has 0 saturated carbocycles. The first-order valence-electron chi connectivity index (χ1n) is 25.3. The third-order valence-electron chi connectivity index (χ3n) is 11.6. The predicted molar refractivity (Wildman–Crippen MR) is 298 cm³/mol. The smallest absolute Gasteiger partial charge is 0.408 e. The van der Waals surface area contributed by atoms with Crippen LogP contribution < -0.4 is 31.4 Å². The van der Waals surface area contributed by atoms with Crippen LogP contribution in [0.25, 0.3) is 21.8 Å². The molecule has 2 heterocycles. The summed E-state index contributed by atoms with van der Waals surface area (Å²) in [6.07, 6.45) is -0.743. The highest BCUT2D eigenvalue weighted by molar-refractivity contribution is 6.16. The molecule has 0 spiro atoms. The molecule has 4 atom stereocenters. The Bertz CT molecular complexity index is 3290. The highest BCUT2D eigenvalue weighted by Crippen LogP contribution is 2.27. The number of benzene rings is 4. The van der Waals surface area contributed by atoms with Crippen LogP contribution in [0.3, 0.4) is 0 Å². The van der Waals surface area contributed by atoms with Crippen molar-refractivity contribution < 1.29 is 55.7 Å². The lowest BCUT2D eigenvalue weighted by atomic mass is 10.0. The maximum atomic E-state index is 13.8. The summed E-state index contributed by atoms with van der Waals surface area (Å²) in [5.41, 5.74) is 1.72. The molecule has 80 heavy (non-hydrogen) atoms. The van der Waals surface area contributed by atoms with Gasteiger partial charge in [0.2, 0.25) is 11.9 Å². The molecule has 0 aliphatic carbocycles. The molecule has 430 valence electrons. The number of amides is 3. The summed E-state index contributed by atoms with van der Waals surface area (Å²) in [6.45, 7) is 20.1. The van der Waals surface area contributed by atoms with E-state index in [4.69, 9.17) is 26.0 Å². The molecule has 6 N–H and O–H groups in total. The standard InChI is InChI=1S/C30H38F2N6O5.C25H29ClF2N6O3/c1-16(2)24(34-29(41)43-30(5,6)7)27(40)38-23-13-17(3)9-11-20(23)25(37-38)35-28(33-18(4)15-42-8)36-26(39)19-10-12-21(31)22(32)14-19;1-13(2)21(32-26)24(36)34-20-10-14(3)6-8-17(20)22(33-34)30-25(29-15(4)12-37-5)31-23(35)16-7-9-18(27)19(28)11-16/h9-14,16,18,24H,15H2,1-8H3,(H,34,41)(H2,33,35,36,37,39);6-11,13,15,21,32H,12H2,1-5H3,(H2,29,30,31,33,35)/t18-,24-;15-,21-/m00/s1. The molecule has 0 unspecified atom stereocenters. The SMILES string of the molecule is COC[C@H](C)N=C(NC(=O)c1ccc(F)c(F)c1)Nc1nn(C(=O)[C@@H](NC(=O)OC(C)(C)C)C(C)C)c2cc(C)ccc12.COC[C@H](C)N=C(NC(=O)c1ccc(F)c(F)c1)Nc1nn(C(=O)[C@@H](NCl)C(C)C)c2cc(C)ccc12. The second-order valence-corrected chi connectivity index (χ2v) is 20.6. The van der Waals surface area contributed by atoms with Gasteiger partial charge in [0.1, 0.15) is 17.7 Å². The average molecular weight is 1140 g/mol. The third kappa shape index (κ3) is 16.9. The lowest BCUT2D eigenvalue weighted by molar-refractivity contribution is 0.0462. The lowest BCUT2D eigenvalue weighted by Crippen LogP contribution is -2.48. The molecule has 6 rings (SSSR count). The van der Waals surface area contributed by atoms with Crippen LogP contribution in [-0.2, 0) is 14.2 Å². The van der Waals surface area contributed by atoms with Crippen LogP contribution in [0.2, 0.25) is 0 Å². The number of carbonyl (C=O) groups is 5. The number of fused-ring (bicyclic) bond motifs is 2. The van der Waals surface area contributed by atoms with E-state index < -0.39 is 70.8 Å².